The van der Waals surface area contributed by atoms with Crippen LogP contribution in [0.4, 0.5) is 0 Å². The monoisotopic (exact) mass is 111 g/mol. The van der Waals surface area contributed by atoms with Gasteiger partial charge in [0.1, 0.15) is 0 Å². The van der Waals surface area contributed by atoms with E-state index < -0.39 is 0 Å². The number of hydrogen-bond acceptors (Lipinski definition) is 3. The normalized spacial score (nSPS) is 20.1. The molecular formula is C5H7N2O. The largest absolute Gasteiger partial charge is 0.377 e. The van der Waals surface area contributed by atoms with Gasteiger partial charge in [-0.25, -0.2) is 0 Å². The second-order valence-corrected chi connectivity index (χ2v) is 1.55. The van der Waals surface area contributed by atoms with Gasteiger partial charge in [0.15, 0.2) is 6.19 Å². The fraction of sp³-hybridized carbons (Fsp3) is 0.600. The Morgan fingerprint density at radius 2 is 2.62 bits per heavy atom. The highest BCUT2D eigenvalue weighted by molar-refractivity contribution is 4.83. The minimum absolute atomic E-state index is 0.577. The Morgan fingerprint density at radius 1 is 1.75 bits per heavy atom. The molecule has 0 amide bonds. The zero-order chi connectivity index (χ0) is 5.82. The van der Waals surface area contributed by atoms with Crippen molar-refractivity contribution in [3.05, 3.63) is 6.54 Å². The molecule has 0 N–H and O–H groups in total. The average molecular weight is 111 g/mol. The first-order valence-electron chi connectivity index (χ1n) is 2.51. The van der Waals surface area contributed by atoms with Crippen LogP contribution in [-0.2, 0) is 4.74 Å². The van der Waals surface area contributed by atoms with Crippen molar-refractivity contribution in [2.24, 2.45) is 0 Å². The fourth-order valence-electron chi connectivity index (χ4n) is 0.571. The molecular weight excluding hydrogens is 104 g/mol. The number of morpholine rings is 1. The standard InChI is InChI=1S/C5H7N2O/c6-5-7-1-3-8-4-2-7/h1H,2-4H2. The summed E-state index contributed by atoms with van der Waals surface area (Å²) in [7, 11) is 0. The van der Waals surface area contributed by atoms with Crippen LogP contribution in [0.1, 0.15) is 0 Å². The van der Waals surface area contributed by atoms with Gasteiger partial charge in [0.2, 0.25) is 0 Å². The highest BCUT2D eigenvalue weighted by Crippen LogP contribution is 1.97. The summed E-state index contributed by atoms with van der Waals surface area (Å²) in [4.78, 5) is 1.57. The van der Waals surface area contributed by atoms with Crippen molar-refractivity contribution in [2.45, 2.75) is 0 Å². The van der Waals surface area contributed by atoms with Crippen molar-refractivity contribution in [1.82, 2.24) is 4.90 Å². The molecule has 1 saturated heterocycles. The maximum absolute atomic E-state index is 8.28. The molecule has 0 spiro atoms. The summed E-state index contributed by atoms with van der Waals surface area (Å²) in [6, 6.07) is 0. The topological polar surface area (TPSA) is 36.3 Å². The highest BCUT2D eigenvalue weighted by Gasteiger charge is 2.06. The van der Waals surface area contributed by atoms with Crippen LogP contribution in [0.2, 0.25) is 0 Å². The number of hydrogen-bond donors (Lipinski definition) is 0. The van der Waals surface area contributed by atoms with E-state index in [0.717, 1.165) is 0 Å². The molecule has 3 nitrogen and oxygen atoms in total. The van der Waals surface area contributed by atoms with E-state index >= 15 is 0 Å². The third kappa shape index (κ3) is 1.11. The summed E-state index contributed by atoms with van der Waals surface area (Å²) in [6.07, 6.45) is 2.00. The SMILES string of the molecule is N#CN1[CH]COCC1. The maximum atomic E-state index is 8.28. The van der Waals surface area contributed by atoms with Gasteiger partial charge in [0.05, 0.1) is 26.3 Å². The van der Waals surface area contributed by atoms with Gasteiger partial charge in [0, 0.05) is 0 Å². The van der Waals surface area contributed by atoms with Gasteiger partial charge in [-0.15, -0.1) is 0 Å². The van der Waals surface area contributed by atoms with E-state index in [-0.39, 0.29) is 0 Å². The third-order valence-electron chi connectivity index (χ3n) is 1.02. The molecule has 1 fully saturated rings. The van der Waals surface area contributed by atoms with Gasteiger partial charge in [-0.2, -0.15) is 5.26 Å². The molecule has 0 aromatic carbocycles. The van der Waals surface area contributed by atoms with E-state index in [1.54, 1.807) is 11.4 Å². The third-order valence-corrected chi connectivity index (χ3v) is 1.02. The first kappa shape index (κ1) is 5.39. The lowest BCUT2D eigenvalue weighted by Gasteiger charge is -2.19. The van der Waals surface area contributed by atoms with Crippen LogP contribution in [0.5, 0.6) is 0 Å². The zero-order valence-electron chi connectivity index (χ0n) is 4.50. The van der Waals surface area contributed by atoms with E-state index in [4.69, 9.17) is 10.00 Å². The Balaban J connectivity index is 2.25. The smallest absolute Gasteiger partial charge is 0.179 e. The zero-order valence-corrected chi connectivity index (χ0v) is 4.50. The molecule has 1 heterocycles. The Morgan fingerprint density at radius 3 is 3.00 bits per heavy atom. The van der Waals surface area contributed by atoms with Crippen LogP contribution in [0.15, 0.2) is 0 Å². The molecule has 1 aliphatic heterocycles. The quantitative estimate of drug-likeness (QED) is 0.411. The Kier molecular flexibility index (Phi) is 1.70. The van der Waals surface area contributed by atoms with E-state index in [9.17, 15) is 0 Å². The molecule has 0 aromatic rings. The molecule has 1 radical (unpaired) electrons. The average Bonchev–Trinajstić information content (AvgIpc) is 1.90. The molecule has 0 unspecified atom stereocenters. The van der Waals surface area contributed by atoms with Crippen LogP contribution in [0.3, 0.4) is 0 Å². The number of nitriles is 1. The molecule has 0 aliphatic carbocycles. The molecule has 1 aliphatic rings. The summed E-state index contributed by atoms with van der Waals surface area (Å²) in [5.41, 5.74) is 0. The minimum atomic E-state index is 0.577. The van der Waals surface area contributed by atoms with Crippen molar-refractivity contribution in [3.8, 4) is 6.19 Å². The summed E-state index contributed by atoms with van der Waals surface area (Å²) < 4.78 is 4.95. The molecule has 0 saturated carbocycles. The highest BCUT2D eigenvalue weighted by atomic mass is 16.5. The van der Waals surface area contributed by atoms with E-state index in [0.29, 0.717) is 19.8 Å². The van der Waals surface area contributed by atoms with Gasteiger partial charge in [-0.1, -0.05) is 0 Å². The second-order valence-electron chi connectivity index (χ2n) is 1.55. The van der Waals surface area contributed by atoms with Crippen LogP contribution in [0.25, 0.3) is 0 Å². The Bertz CT molecular complexity index is 101. The van der Waals surface area contributed by atoms with E-state index in [1.807, 2.05) is 6.19 Å². The predicted octanol–water partition coefficient (Wildman–Crippen LogP) is -0.0385. The van der Waals surface area contributed by atoms with Gasteiger partial charge in [-0.3, -0.25) is 0 Å². The molecule has 3 heteroatoms. The van der Waals surface area contributed by atoms with Gasteiger partial charge >= 0.3 is 0 Å². The van der Waals surface area contributed by atoms with E-state index in [1.165, 1.54) is 0 Å². The molecule has 0 bridgehead atoms. The lowest BCUT2D eigenvalue weighted by molar-refractivity contribution is 0.0900. The van der Waals surface area contributed by atoms with Crippen molar-refractivity contribution in [1.29, 1.82) is 5.26 Å². The molecule has 8 heavy (non-hydrogen) atoms. The molecule has 1 rings (SSSR count). The molecule has 0 atom stereocenters. The Hall–Kier alpha value is -0.750. The van der Waals surface area contributed by atoms with Crippen molar-refractivity contribution in [3.63, 3.8) is 0 Å². The number of ether oxygens (including phenoxy) is 1. The summed E-state index contributed by atoms with van der Waals surface area (Å²) in [6.45, 7) is 3.69. The summed E-state index contributed by atoms with van der Waals surface area (Å²) in [5, 5.41) is 8.28. The summed E-state index contributed by atoms with van der Waals surface area (Å²) in [5.74, 6) is 0. The van der Waals surface area contributed by atoms with E-state index in [2.05, 4.69) is 0 Å². The molecule has 0 aromatic heterocycles. The van der Waals surface area contributed by atoms with Crippen LogP contribution in [-0.4, -0.2) is 24.7 Å². The maximum Gasteiger partial charge on any atom is 0.179 e. The first-order valence-corrected chi connectivity index (χ1v) is 2.51. The van der Waals surface area contributed by atoms with Gasteiger partial charge in [0.25, 0.3) is 0 Å². The van der Waals surface area contributed by atoms with Crippen molar-refractivity contribution < 1.29 is 4.74 Å². The lowest BCUT2D eigenvalue weighted by Crippen LogP contribution is -2.27. The van der Waals surface area contributed by atoms with Crippen molar-refractivity contribution >= 4 is 0 Å². The lowest BCUT2D eigenvalue weighted by atomic mass is 10.5. The second kappa shape index (κ2) is 2.53. The van der Waals surface area contributed by atoms with Gasteiger partial charge in [-0.05, 0) is 0 Å². The van der Waals surface area contributed by atoms with Crippen LogP contribution >= 0.6 is 0 Å². The molecule has 43 valence electrons. The van der Waals surface area contributed by atoms with Crippen LogP contribution in [0, 0.1) is 18.0 Å². The van der Waals surface area contributed by atoms with Gasteiger partial charge < -0.3 is 9.64 Å². The Labute approximate surface area is 48.5 Å². The van der Waals surface area contributed by atoms with Crippen molar-refractivity contribution in [2.75, 3.05) is 19.8 Å². The minimum Gasteiger partial charge on any atom is -0.377 e. The predicted molar refractivity (Wildman–Crippen MR) is 27.4 cm³/mol. The number of rotatable bonds is 0. The first-order chi connectivity index (χ1) is 3.93. The fourth-order valence-corrected chi connectivity index (χ4v) is 0.571. The summed E-state index contributed by atoms with van der Waals surface area (Å²) >= 11 is 0. The number of nitrogens with zero attached hydrogens (tertiary/aromatic N) is 2. The van der Waals surface area contributed by atoms with Crippen LogP contribution < -0.4 is 0 Å².